The first-order valence-corrected chi connectivity index (χ1v) is 16.1. The smallest absolute Gasteiger partial charge is 0.311 e. The van der Waals surface area contributed by atoms with Crippen molar-refractivity contribution in [3.63, 3.8) is 0 Å². The van der Waals surface area contributed by atoms with E-state index < -0.39 is 34.0 Å². The van der Waals surface area contributed by atoms with E-state index in [-0.39, 0.29) is 11.8 Å². The predicted molar refractivity (Wildman–Crippen MR) is 181 cm³/mol. The van der Waals surface area contributed by atoms with Gasteiger partial charge >= 0.3 is 11.8 Å². The van der Waals surface area contributed by atoms with Crippen LogP contribution in [0.1, 0.15) is 22.3 Å². The highest BCUT2D eigenvalue weighted by Crippen LogP contribution is 2.54. The largest absolute Gasteiger partial charge is 0.354 e. The van der Waals surface area contributed by atoms with Gasteiger partial charge in [0.25, 0.3) is 11.8 Å². The molecule has 242 valence electrons. The molecule has 4 aliphatic heterocycles. The van der Waals surface area contributed by atoms with Gasteiger partial charge in [-0.1, -0.05) is 97.1 Å². The van der Waals surface area contributed by atoms with Crippen LogP contribution in [0.4, 0.5) is 11.4 Å². The molecule has 4 aliphatic rings. The van der Waals surface area contributed by atoms with Crippen LogP contribution in [-0.2, 0) is 42.8 Å². The lowest BCUT2D eigenvalue weighted by molar-refractivity contribution is -0.145. The van der Waals surface area contributed by atoms with E-state index in [1.807, 2.05) is 109 Å². The van der Waals surface area contributed by atoms with Gasteiger partial charge in [-0.15, -0.1) is 0 Å². The van der Waals surface area contributed by atoms with E-state index in [4.69, 9.17) is 0 Å². The van der Waals surface area contributed by atoms with Crippen LogP contribution in [0.3, 0.4) is 0 Å². The first kappa shape index (κ1) is 29.7. The number of hydrogen-bond donors (Lipinski definition) is 4. The number of hydrogen-bond acceptors (Lipinski definition) is 6. The lowest BCUT2D eigenvalue weighted by atomic mass is 9.70. The number of carbonyl (C=O) groups is 4. The highest BCUT2D eigenvalue weighted by molar-refractivity contribution is 6.37. The summed E-state index contributed by atoms with van der Waals surface area (Å²) in [6.07, 6.45) is 0.861. The summed E-state index contributed by atoms with van der Waals surface area (Å²) in [6.45, 7) is 0.633. The molecule has 8 rings (SSSR count). The number of fused-ring (bicyclic) bond motifs is 6. The number of amides is 4. The Morgan fingerprint density at radius 3 is 1.33 bits per heavy atom. The molecule has 10 heteroatoms. The Morgan fingerprint density at radius 1 is 0.583 bits per heavy atom. The zero-order valence-corrected chi connectivity index (χ0v) is 26.7. The monoisotopic (exact) mass is 640 g/mol. The second-order valence-corrected chi connectivity index (χ2v) is 13.6. The summed E-state index contributed by atoms with van der Waals surface area (Å²) in [5.41, 5.74) is 0.0440. The fourth-order valence-corrected chi connectivity index (χ4v) is 8.83. The van der Waals surface area contributed by atoms with Crippen LogP contribution in [-0.4, -0.2) is 71.9 Å². The van der Waals surface area contributed by atoms with E-state index in [0.717, 1.165) is 33.6 Å². The van der Waals surface area contributed by atoms with Gasteiger partial charge in [-0.25, -0.2) is 0 Å². The van der Waals surface area contributed by atoms with Gasteiger partial charge in [-0.3, -0.25) is 19.2 Å². The van der Waals surface area contributed by atoms with Gasteiger partial charge < -0.3 is 31.1 Å². The average molecular weight is 641 g/mol. The minimum atomic E-state index is -1.64. The highest BCUT2D eigenvalue weighted by atomic mass is 16.2. The molecule has 2 saturated heterocycles. The van der Waals surface area contributed by atoms with Gasteiger partial charge in [-0.2, -0.15) is 0 Å². The van der Waals surface area contributed by atoms with Crippen molar-refractivity contribution >= 4 is 35.0 Å². The molecule has 4 unspecified atom stereocenters. The Bertz CT molecular complexity index is 1840. The Morgan fingerprint density at radius 2 is 0.938 bits per heavy atom. The third-order valence-electron chi connectivity index (χ3n) is 10.8. The molecule has 2 fully saturated rings. The van der Waals surface area contributed by atoms with Crippen molar-refractivity contribution in [3.05, 3.63) is 131 Å². The molecule has 4 amide bonds. The SMILES string of the molecule is CN1CC2(Cc3ccccc3)c3ccccc3NC2(NC(=O)C(=O)NC23Nc4ccccc4C2(Cc2ccccc2)CN(C)C3=O)C1=O. The Hall–Kier alpha value is -5.64. The van der Waals surface area contributed by atoms with Crippen LogP contribution in [0.5, 0.6) is 0 Å². The van der Waals surface area contributed by atoms with Crippen LogP contribution in [0, 0.1) is 0 Å². The quantitative estimate of drug-likeness (QED) is 0.241. The van der Waals surface area contributed by atoms with Gasteiger partial charge in [0.1, 0.15) is 0 Å². The van der Waals surface area contributed by atoms with Crippen molar-refractivity contribution in [1.82, 2.24) is 20.4 Å². The number of nitrogens with zero attached hydrogens (tertiary/aromatic N) is 2. The van der Waals surface area contributed by atoms with E-state index in [1.165, 1.54) is 0 Å². The average Bonchev–Trinajstić information content (AvgIpc) is 3.65. The zero-order valence-electron chi connectivity index (χ0n) is 26.7. The molecular formula is C38H36N6O4. The summed E-state index contributed by atoms with van der Waals surface area (Å²) in [6, 6.07) is 34.9. The number of anilines is 2. The molecule has 0 aliphatic carbocycles. The van der Waals surface area contributed by atoms with Crippen LogP contribution < -0.4 is 21.3 Å². The molecule has 0 bridgehead atoms. The molecule has 10 nitrogen and oxygen atoms in total. The van der Waals surface area contributed by atoms with Crippen molar-refractivity contribution in [2.24, 2.45) is 0 Å². The lowest BCUT2D eigenvalue weighted by Gasteiger charge is -2.40. The standard InChI is InChI=1S/C38H36N6O4/c1-43-23-35(21-25-13-5-3-6-14-25)27-17-9-11-19-29(27)39-37(35,33(43)47)41-31(45)32(46)42-38-34(48)44(2)24-36(38,22-26-15-7-4-8-16-26)28-18-10-12-20-30(28)40-38/h3-20,39-40H,21-24H2,1-2H3,(H,41,45)(H,42,46). The van der Waals surface area contributed by atoms with E-state index in [1.54, 1.807) is 23.9 Å². The first-order chi connectivity index (χ1) is 23.1. The Balaban J connectivity index is 1.18. The van der Waals surface area contributed by atoms with Crippen molar-refractivity contribution in [1.29, 1.82) is 0 Å². The Labute approximate surface area is 278 Å². The molecule has 4 N–H and O–H groups in total. The van der Waals surface area contributed by atoms with E-state index in [2.05, 4.69) is 21.3 Å². The van der Waals surface area contributed by atoms with E-state index in [9.17, 15) is 19.2 Å². The maximum Gasteiger partial charge on any atom is 0.311 e. The molecular weight excluding hydrogens is 604 g/mol. The number of likely N-dealkylation sites (N-methyl/N-ethyl adjacent to an activating group) is 2. The van der Waals surface area contributed by atoms with E-state index in [0.29, 0.717) is 25.9 Å². The number of nitrogens with one attached hydrogen (secondary N) is 4. The molecule has 4 aromatic carbocycles. The van der Waals surface area contributed by atoms with E-state index >= 15 is 0 Å². The van der Waals surface area contributed by atoms with Crippen LogP contribution >= 0.6 is 0 Å². The summed E-state index contributed by atoms with van der Waals surface area (Å²) < 4.78 is 0. The minimum Gasteiger partial charge on any atom is -0.354 e. The number of para-hydroxylation sites is 2. The minimum absolute atomic E-state index is 0.316. The summed E-state index contributed by atoms with van der Waals surface area (Å²) in [5, 5.41) is 12.5. The highest BCUT2D eigenvalue weighted by Gasteiger charge is 2.71. The first-order valence-electron chi connectivity index (χ1n) is 16.1. The Kier molecular flexibility index (Phi) is 6.46. The molecule has 4 heterocycles. The molecule has 0 radical (unpaired) electrons. The number of likely N-dealkylation sites (tertiary alicyclic amines) is 2. The number of benzene rings is 4. The predicted octanol–water partition coefficient (Wildman–Crippen LogP) is 2.77. The van der Waals surface area contributed by atoms with Crippen molar-refractivity contribution in [3.8, 4) is 0 Å². The fourth-order valence-electron chi connectivity index (χ4n) is 8.83. The number of rotatable bonds is 6. The normalized spacial score (nSPS) is 27.8. The van der Waals surface area contributed by atoms with Gasteiger partial charge in [0.15, 0.2) is 0 Å². The second kappa shape index (κ2) is 10.4. The molecule has 0 spiro atoms. The van der Waals surface area contributed by atoms with Crippen molar-refractivity contribution < 1.29 is 19.2 Å². The van der Waals surface area contributed by atoms with Crippen molar-refractivity contribution in [2.45, 2.75) is 35.0 Å². The summed E-state index contributed by atoms with van der Waals surface area (Å²) in [5.74, 6) is -2.73. The van der Waals surface area contributed by atoms with Gasteiger partial charge in [0.05, 0.1) is 10.8 Å². The molecule has 0 aromatic heterocycles. The summed E-state index contributed by atoms with van der Waals surface area (Å²) in [4.78, 5) is 60.1. The van der Waals surface area contributed by atoms with Crippen LogP contribution in [0.25, 0.3) is 0 Å². The fraction of sp³-hybridized carbons (Fsp3) is 0.263. The maximum absolute atomic E-state index is 14.2. The third-order valence-corrected chi connectivity index (χ3v) is 10.8. The summed E-state index contributed by atoms with van der Waals surface area (Å²) >= 11 is 0. The molecule has 0 saturated carbocycles. The van der Waals surface area contributed by atoms with Crippen LogP contribution in [0.2, 0.25) is 0 Å². The molecule has 4 atom stereocenters. The summed E-state index contributed by atoms with van der Waals surface area (Å²) in [7, 11) is 3.41. The van der Waals surface area contributed by atoms with Crippen LogP contribution in [0.15, 0.2) is 109 Å². The zero-order chi connectivity index (χ0) is 33.3. The third kappa shape index (κ3) is 3.92. The van der Waals surface area contributed by atoms with Gasteiger partial charge in [0.2, 0.25) is 11.3 Å². The topological polar surface area (TPSA) is 123 Å². The van der Waals surface area contributed by atoms with Crippen molar-refractivity contribution in [2.75, 3.05) is 37.8 Å². The molecule has 4 aromatic rings. The lowest BCUT2D eigenvalue weighted by Crippen LogP contribution is -2.71. The van der Waals surface area contributed by atoms with Gasteiger partial charge in [-0.05, 0) is 47.2 Å². The maximum atomic E-state index is 14.2. The molecule has 48 heavy (non-hydrogen) atoms. The second-order valence-electron chi connectivity index (χ2n) is 13.6. The van der Waals surface area contributed by atoms with Gasteiger partial charge in [0, 0.05) is 38.6 Å². The number of carbonyl (C=O) groups excluding carboxylic acids is 4.